The normalized spacial score (nSPS) is 13.6. The first-order valence-corrected chi connectivity index (χ1v) is 22.8. The molecule has 0 bridgehead atoms. The maximum absolute atomic E-state index is 2.63. The van der Waals surface area contributed by atoms with Crippen molar-refractivity contribution in [2.75, 3.05) is 4.90 Å². The molecular formula is C64H47N. The highest BCUT2D eigenvalue weighted by molar-refractivity contribution is 6.07. The molecule has 0 fully saturated rings. The first kappa shape index (κ1) is 38.7. The lowest BCUT2D eigenvalue weighted by Crippen LogP contribution is -2.28. The summed E-state index contributed by atoms with van der Waals surface area (Å²) in [5, 5.41) is 0. The van der Waals surface area contributed by atoms with Gasteiger partial charge in [-0.25, -0.2) is 0 Å². The van der Waals surface area contributed by atoms with E-state index in [2.05, 4.69) is 267 Å². The quantitative estimate of drug-likeness (QED) is 0.147. The SMILES string of the molecule is CC1(C)c2ccccc2-c2c(N(c3cccc(-c4ccccc4)c3-c3ccccc3-c3ccccc3)c3cccc4c3-c3ccccc3C4(c3ccccc3)c3ccccc3)cccc21. The molecule has 308 valence electrons. The minimum Gasteiger partial charge on any atom is -0.309 e. The summed E-state index contributed by atoms with van der Waals surface area (Å²) >= 11 is 0. The molecule has 2 aliphatic rings. The van der Waals surface area contributed by atoms with E-state index in [-0.39, 0.29) is 5.41 Å². The van der Waals surface area contributed by atoms with Gasteiger partial charge in [-0.1, -0.05) is 244 Å². The number of hydrogen-bond donors (Lipinski definition) is 0. The monoisotopic (exact) mass is 829 g/mol. The van der Waals surface area contributed by atoms with Crippen molar-refractivity contribution in [3.8, 4) is 55.6 Å². The van der Waals surface area contributed by atoms with Gasteiger partial charge in [-0.05, 0) is 90.5 Å². The summed E-state index contributed by atoms with van der Waals surface area (Å²) in [6, 6.07) is 92.2. The first-order valence-electron chi connectivity index (χ1n) is 22.8. The fourth-order valence-electron chi connectivity index (χ4n) is 11.4. The van der Waals surface area contributed by atoms with E-state index >= 15 is 0 Å². The minimum absolute atomic E-state index is 0.191. The highest BCUT2D eigenvalue weighted by Crippen LogP contribution is 2.62. The van der Waals surface area contributed by atoms with Crippen LogP contribution in [-0.2, 0) is 10.8 Å². The average molecular weight is 830 g/mol. The van der Waals surface area contributed by atoms with Crippen LogP contribution < -0.4 is 4.90 Å². The fourth-order valence-corrected chi connectivity index (χ4v) is 11.4. The Bertz CT molecular complexity index is 3350. The highest BCUT2D eigenvalue weighted by atomic mass is 15.2. The van der Waals surface area contributed by atoms with Gasteiger partial charge in [-0.3, -0.25) is 0 Å². The molecule has 12 rings (SSSR count). The second-order valence-corrected chi connectivity index (χ2v) is 17.9. The van der Waals surface area contributed by atoms with Crippen LogP contribution in [0.4, 0.5) is 17.1 Å². The molecule has 1 nitrogen and oxygen atoms in total. The Morgan fingerprint density at radius 3 is 1.22 bits per heavy atom. The molecule has 0 N–H and O–H groups in total. The summed E-state index contributed by atoms with van der Waals surface area (Å²) in [7, 11) is 0. The molecule has 0 saturated carbocycles. The molecule has 2 aliphatic carbocycles. The lowest BCUT2D eigenvalue weighted by atomic mass is 9.68. The lowest BCUT2D eigenvalue weighted by Gasteiger charge is -2.35. The van der Waals surface area contributed by atoms with E-state index in [0.29, 0.717) is 0 Å². The van der Waals surface area contributed by atoms with Gasteiger partial charge in [-0.15, -0.1) is 0 Å². The molecule has 0 atom stereocenters. The average Bonchev–Trinajstić information content (AvgIpc) is 3.81. The predicted octanol–water partition coefficient (Wildman–Crippen LogP) is 16.8. The van der Waals surface area contributed by atoms with E-state index in [0.717, 1.165) is 17.1 Å². The van der Waals surface area contributed by atoms with Crippen LogP contribution in [0.25, 0.3) is 55.6 Å². The topological polar surface area (TPSA) is 3.24 Å². The van der Waals surface area contributed by atoms with E-state index in [1.165, 1.54) is 89.0 Å². The maximum atomic E-state index is 2.63. The molecule has 0 heterocycles. The largest absolute Gasteiger partial charge is 0.309 e. The third-order valence-electron chi connectivity index (χ3n) is 14.2. The third kappa shape index (κ3) is 5.86. The van der Waals surface area contributed by atoms with Crippen LogP contribution in [0.15, 0.2) is 249 Å². The fraction of sp³-hybridized carbons (Fsp3) is 0.0625. The molecule has 65 heavy (non-hydrogen) atoms. The van der Waals surface area contributed by atoms with Crippen molar-refractivity contribution < 1.29 is 0 Å². The Hall–Kier alpha value is -8.00. The molecule has 0 aliphatic heterocycles. The van der Waals surface area contributed by atoms with Crippen molar-refractivity contribution in [2.45, 2.75) is 24.7 Å². The van der Waals surface area contributed by atoms with E-state index < -0.39 is 5.41 Å². The minimum atomic E-state index is -0.558. The molecule has 0 radical (unpaired) electrons. The van der Waals surface area contributed by atoms with E-state index in [1.807, 2.05) is 0 Å². The van der Waals surface area contributed by atoms with Crippen molar-refractivity contribution in [3.63, 3.8) is 0 Å². The molecule has 0 spiro atoms. The van der Waals surface area contributed by atoms with Crippen LogP contribution in [0, 0.1) is 0 Å². The van der Waals surface area contributed by atoms with Crippen LogP contribution in [0.3, 0.4) is 0 Å². The van der Waals surface area contributed by atoms with Gasteiger partial charge in [0.25, 0.3) is 0 Å². The third-order valence-corrected chi connectivity index (χ3v) is 14.2. The summed E-state index contributed by atoms with van der Waals surface area (Å²) in [6.45, 7) is 4.77. The smallest absolute Gasteiger partial charge is 0.0714 e. The molecule has 1 heteroatoms. The van der Waals surface area contributed by atoms with Gasteiger partial charge in [-0.2, -0.15) is 0 Å². The van der Waals surface area contributed by atoms with Crippen molar-refractivity contribution in [1.29, 1.82) is 0 Å². The molecule has 10 aromatic carbocycles. The van der Waals surface area contributed by atoms with Crippen molar-refractivity contribution in [2.24, 2.45) is 0 Å². The summed E-state index contributed by atoms with van der Waals surface area (Å²) in [6.07, 6.45) is 0. The number of nitrogens with zero attached hydrogens (tertiary/aromatic N) is 1. The molecule has 0 aromatic heterocycles. The predicted molar refractivity (Wildman–Crippen MR) is 272 cm³/mol. The number of rotatable bonds is 8. The second kappa shape index (κ2) is 15.4. The Morgan fingerprint density at radius 2 is 0.631 bits per heavy atom. The van der Waals surface area contributed by atoms with E-state index in [4.69, 9.17) is 0 Å². The van der Waals surface area contributed by atoms with Crippen LogP contribution in [-0.4, -0.2) is 0 Å². The lowest BCUT2D eigenvalue weighted by molar-refractivity contribution is 0.660. The van der Waals surface area contributed by atoms with Gasteiger partial charge in [0.05, 0.1) is 22.5 Å². The summed E-state index contributed by atoms with van der Waals surface area (Å²) in [4.78, 5) is 2.63. The van der Waals surface area contributed by atoms with Gasteiger partial charge < -0.3 is 4.90 Å². The van der Waals surface area contributed by atoms with E-state index in [1.54, 1.807) is 0 Å². The first-order chi connectivity index (χ1) is 32.1. The maximum Gasteiger partial charge on any atom is 0.0714 e. The number of fused-ring (bicyclic) bond motifs is 6. The van der Waals surface area contributed by atoms with Gasteiger partial charge in [0.2, 0.25) is 0 Å². The van der Waals surface area contributed by atoms with E-state index in [9.17, 15) is 0 Å². The molecule has 0 amide bonds. The zero-order valence-corrected chi connectivity index (χ0v) is 36.6. The van der Waals surface area contributed by atoms with Crippen molar-refractivity contribution in [1.82, 2.24) is 0 Å². The molecule has 0 unspecified atom stereocenters. The van der Waals surface area contributed by atoms with Gasteiger partial charge in [0, 0.05) is 22.1 Å². The van der Waals surface area contributed by atoms with Gasteiger partial charge >= 0.3 is 0 Å². The molecule has 0 saturated heterocycles. The van der Waals surface area contributed by atoms with Crippen LogP contribution in [0.2, 0.25) is 0 Å². The van der Waals surface area contributed by atoms with Gasteiger partial charge in [0.15, 0.2) is 0 Å². The zero-order valence-electron chi connectivity index (χ0n) is 36.6. The summed E-state index contributed by atoms with van der Waals surface area (Å²) < 4.78 is 0. The molecular weight excluding hydrogens is 783 g/mol. The Kier molecular flexibility index (Phi) is 9.14. The van der Waals surface area contributed by atoms with Crippen molar-refractivity contribution in [3.05, 3.63) is 282 Å². The molecule has 10 aromatic rings. The summed E-state index contributed by atoms with van der Waals surface area (Å²) in [5.41, 5.74) is 22.6. The standard InChI is InChI=1S/C64H47N/c1-63(2)53-37-19-17-34-51(53)61-55(63)39-22-42-58(61)65(57-41-21-36-49(45-26-9-4-10-27-45)60(57)50-33-16-15-32-48(50)44-24-7-3-8-25-44)59-43-23-40-56-62(59)52-35-18-20-38-54(52)64(56,46-28-11-5-12-29-46)47-30-13-6-14-31-47/h3-43H,1-2H3. The van der Waals surface area contributed by atoms with Gasteiger partial charge in [0.1, 0.15) is 0 Å². The zero-order chi connectivity index (χ0) is 43.5. The summed E-state index contributed by atoms with van der Waals surface area (Å²) in [5.74, 6) is 0. The number of anilines is 3. The highest BCUT2D eigenvalue weighted by Gasteiger charge is 2.48. The second-order valence-electron chi connectivity index (χ2n) is 17.9. The van der Waals surface area contributed by atoms with Crippen molar-refractivity contribution >= 4 is 17.1 Å². The number of benzene rings is 10. The van der Waals surface area contributed by atoms with Crippen LogP contribution in [0.1, 0.15) is 47.2 Å². The number of hydrogen-bond acceptors (Lipinski definition) is 1. The Morgan fingerprint density at radius 1 is 0.262 bits per heavy atom. The Balaban J connectivity index is 1.25. The Labute approximate surface area is 382 Å². The van der Waals surface area contributed by atoms with Crippen LogP contribution >= 0.6 is 0 Å². The van der Waals surface area contributed by atoms with Crippen LogP contribution in [0.5, 0.6) is 0 Å².